The zero-order valence-corrected chi connectivity index (χ0v) is 19.3. The van der Waals surface area contributed by atoms with E-state index < -0.39 is 0 Å². The summed E-state index contributed by atoms with van der Waals surface area (Å²) >= 11 is 0. The Morgan fingerprint density at radius 2 is 1.58 bits per heavy atom. The van der Waals surface area contributed by atoms with Crippen molar-refractivity contribution in [3.8, 4) is 0 Å². The van der Waals surface area contributed by atoms with E-state index in [1.54, 1.807) is 0 Å². The van der Waals surface area contributed by atoms with Crippen LogP contribution in [0.4, 0.5) is 5.69 Å². The smallest absolute Gasteiger partial charge is 0.241 e. The molecule has 172 valence electrons. The van der Waals surface area contributed by atoms with Crippen LogP contribution in [0.1, 0.15) is 42.4 Å². The molecule has 2 aliphatic heterocycles. The third-order valence-corrected chi connectivity index (χ3v) is 8.45. The highest BCUT2D eigenvalue weighted by atomic mass is 16.2. The topological polar surface area (TPSA) is 43.9 Å². The van der Waals surface area contributed by atoms with Crippen molar-refractivity contribution in [2.45, 2.75) is 43.9 Å². The number of benzene rings is 2. The van der Waals surface area contributed by atoms with E-state index in [0.717, 1.165) is 70.5 Å². The summed E-state index contributed by atoms with van der Waals surface area (Å²) in [4.78, 5) is 32.7. The van der Waals surface area contributed by atoms with Gasteiger partial charge < -0.3 is 9.80 Å². The molecule has 0 N–H and O–H groups in total. The molecular formula is C28H33N3O2. The maximum atomic E-state index is 13.4. The van der Waals surface area contributed by atoms with E-state index in [9.17, 15) is 9.59 Å². The lowest BCUT2D eigenvalue weighted by Crippen LogP contribution is -2.52. The highest BCUT2D eigenvalue weighted by molar-refractivity contribution is 5.96. The molecule has 6 rings (SSSR count). The molecule has 2 aromatic carbocycles. The lowest BCUT2D eigenvalue weighted by molar-refractivity contribution is -0.135. The fraction of sp³-hybridized carbons (Fsp3) is 0.500. The molecule has 2 amide bonds. The highest BCUT2D eigenvalue weighted by Gasteiger charge is 2.60. The van der Waals surface area contributed by atoms with E-state index in [2.05, 4.69) is 52.3 Å². The van der Waals surface area contributed by atoms with Crippen molar-refractivity contribution in [3.63, 3.8) is 0 Å². The summed E-state index contributed by atoms with van der Waals surface area (Å²) in [5, 5.41) is 0. The van der Waals surface area contributed by atoms with Gasteiger partial charge in [0.15, 0.2) is 0 Å². The van der Waals surface area contributed by atoms with Gasteiger partial charge in [-0.05, 0) is 61.3 Å². The number of nitrogens with zero attached hydrogens (tertiary/aromatic N) is 3. The number of rotatable bonds is 3. The minimum Gasteiger partial charge on any atom is -0.340 e. The molecule has 2 aromatic rings. The van der Waals surface area contributed by atoms with Crippen molar-refractivity contribution >= 4 is 17.5 Å². The van der Waals surface area contributed by atoms with Crippen LogP contribution in [0.15, 0.2) is 48.5 Å². The van der Waals surface area contributed by atoms with E-state index in [4.69, 9.17) is 0 Å². The second-order valence-corrected chi connectivity index (χ2v) is 10.3. The van der Waals surface area contributed by atoms with Crippen LogP contribution >= 0.6 is 0 Å². The number of carbonyl (C=O) groups excluding carboxylic acids is 2. The minimum atomic E-state index is 0.0979. The first-order chi connectivity index (χ1) is 16.2. The van der Waals surface area contributed by atoms with Gasteiger partial charge in [-0.25, -0.2) is 0 Å². The maximum absolute atomic E-state index is 13.4. The molecule has 5 heteroatoms. The number of hydrogen-bond acceptors (Lipinski definition) is 3. The van der Waals surface area contributed by atoms with Crippen LogP contribution in [0.25, 0.3) is 0 Å². The van der Waals surface area contributed by atoms with Crippen LogP contribution in [-0.2, 0) is 27.8 Å². The number of piperazine rings is 1. The molecule has 0 aromatic heterocycles. The predicted molar refractivity (Wildman–Crippen MR) is 129 cm³/mol. The Kier molecular flexibility index (Phi) is 5.25. The zero-order valence-electron chi connectivity index (χ0n) is 19.3. The second-order valence-electron chi connectivity index (χ2n) is 10.3. The van der Waals surface area contributed by atoms with Crippen LogP contribution in [0.3, 0.4) is 0 Å². The first kappa shape index (κ1) is 20.9. The summed E-state index contributed by atoms with van der Waals surface area (Å²) in [5.74, 6) is 0.668. The quantitative estimate of drug-likeness (QED) is 0.730. The van der Waals surface area contributed by atoms with Crippen molar-refractivity contribution in [2.24, 2.45) is 5.92 Å². The lowest BCUT2D eigenvalue weighted by Gasteiger charge is -2.37. The summed E-state index contributed by atoms with van der Waals surface area (Å²) < 4.78 is 0. The second kappa shape index (κ2) is 8.28. The Morgan fingerprint density at radius 3 is 2.42 bits per heavy atom. The molecule has 2 aliphatic carbocycles. The van der Waals surface area contributed by atoms with Gasteiger partial charge in [0.1, 0.15) is 0 Å². The van der Waals surface area contributed by atoms with Crippen LogP contribution in [0.2, 0.25) is 0 Å². The van der Waals surface area contributed by atoms with E-state index >= 15 is 0 Å². The average Bonchev–Trinajstić information content (AvgIpc) is 3.58. The highest BCUT2D eigenvalue weighted by Crippen LogP contribution is 2.60. The summed E-state index contributed by atoms with van der Waals surface area (Å²) in [6.45, 7) is 4.27. The fourth-order valence-electron chi connectivity index (χ4n) is 6.57. The van der Waals surface area contributed by atoms with Crippen molar-refractivity contribution in [3.05, 3.63) is 65.2 Å². The average molecular weight is 444 g/mol. The van der Waals surface area contributed by atoms with Crippen molar-refractivity contribution in [1.82, 2.24) is 9.80 Å². The van der Waals surface area contributed by atoms with E-state index in [1.807, 2.05) is 11.0 Å². The molecule has 2 atom stereocenters. The largest absolute Gasteiger partial charge is 0.340 e. The van der Waals surface area contributed by atoms with Gasteiger partial charge >= 0.3 is 0 Å². The molecule has 33 heavy (non-hydrogen) atoms. The van der Waals surface area contributed by atoms with Gasteiger partial charge in [-0.15, -0.1) is 0 Å². The van der Waals surface area contributed by atoms with Gasteiger partial charge in [-0.1, -0.05) is 42.5 Å². The molecule has 2 heterocycles. The van der Waals surface area contributed by atoms with Gasteiger partial charge in [0.05, 0.1) is 6.54 Å². The molecule has 1 saturated heterocycles. The normalized spacial score (nSPS) is 26.6. The van der Waals surface area contributed by atoms with Gasteiger partial charge in [-0.3, -0.25) is 14.5 Å². The number of carbonyl (C=O) groups is 2. The van der Waals surface area contributed by atoms with Crippen molar-refractivity contribution in [1.29, 1.82) is 0 Å². The maximum Gasteiger partial charge on any atom is 0.241 e. The van der Waals surface area contributed by atoms with Gasteiger partial charge in [0, 0.05) is 49.7 Å². The fourth-order valence-corrected chi connectivity index (χ4v) is 6.57. The van der Waals surface area contributed by atoms with E-state index in [1.165, 1.54) is 23.1 Å². The number of fused-ring (bicyclic) bond motifs is 3. The van der Waals surface area contributed by atoms with E-state index in [0.29, 0.717) is 12.5 Å². The Balaban J connectivity index is 1.06. The van der Waals surface area contributed by atoms with Crippen molar-refractivity contribution < 1.29 is 9.59 Å². The number of hydrogen-bond donors (Lipinski definition) is 0. The SMILES string of the molecule is O=C(C1CC12CCCc1ccccc12)N1CCN(CC(=O)N2CCCc3ccccc32)CC1. The number of amides is 2. The zero-order chi connectivity index (χ0) is 22.4. The van der Waals surface area contributed by atoms with Crippen LogP contribution in [0.5, 0.6) is 0 Å². The molecule has 2 unspecified atom stereocenters. The molecule has 5 nitrogen and oxygen atoms in total. The molecule has 1 saturated carbocycles. The van der Waals surface area contributed by atoms with Crippen LogP contribution in [0, 0.1) is 5.92 Å². The molecule has 0 bridgehead atoms. The summed E-state index contributed by atoms with van der Waals surface area (Å²) in [6.07, 6.45) is 6.57. The summed E-state index contributed by atoms with van der Waals surface area (Å²) in [7, 11) is 0. The van der Waals surface area contributed by atoms with Crippen LogP contribution in [-0.4, -0.2) is 60.9 Å². The molecular weight excluding hydrogens is 410 g/mol. The van der Waals surface area contributed by atoms with E-state index in [-0.39, 0.29) is 17.2 Å². The van der Waals surface area contributed by atoms with Crippen molar-refractivity contribution in [2.75, 3.05) is 44.2 Å². The minimum absolute atomic E-state index is 0.0979. The first-order valence-electron chi connectivity index (χ1n) is 12.6. The molecule has 2 fully saturated rings. The standard InChI is InChI=1S/C28H33N3O2/c32-26(31-14-6-10-22-8-2-4-12-25(22)31)20-29-15-17-30(18-16-29)27(33)24-19-28(24)13-5-9-21-7-1-3-11-23(21)28/h1-4,7-8,11-12,24H,5-6,9-10,13-20H2. The first-order valence-corrected chi connectivity index (χ1v) is 12.6. The summed E-state index contributed by atoms with van der Waals surface area (Å²) in [5.41, 5.74) is 5.33. The molecule has 0 radical (unpaired) electrons. The van der Waals surface area contributed by atoms with Gasteiger partial charge in [0.25, 0.3) is 0 Å². The third kappa shape index (κ3) is 3.67. The monoisotopic (exact) mass is 443 g/mol. The third-order valence-electron chi connectivity index (χ3n) is 8.45. The lowest BCUT2D eigenvalue weighted by atomic mass is 9.78. The number of aryl methyl sites for hydroxylation is 2. The van der Waals surface area contributed by atoms with Gasteiger partial charge in [-0.2, -0.15) is 0 Å². The Labute approximate surface area is 196 Å². The Morgan fingerprint density at radius 1 is 0.848 bits per heavy atom. The Bertz CT molecular complexity index is 1070. The molecule has 1 spiro atoms. The van der Waals surface area contributed by atoms with Gasteiger partial charge in [0.2, 0.25) is 11.8 Å². The Hall–Kier alpha value is -2.66. The number of anilines is 1. The van der Waals surface area contributed by atoms with Crippen LogP contribution < -0.4 is 4.90 Å². The summed E-state index contributed by atoms with van der Waals surface area (Å²) in [6, 6.07) is 17.0. The number of para-hydroxylation sites is 1. The molecule has 4 aliphatic rings. The predicted octanol–water partition coefficient (Wildman–Crippen LogP) is 3.40.